The van der Waals surface area contributed by atoms with E-state index in [4.69, 9.17) is 10.7 Å². The van der Waals surface area contributed by atoms with Gasteiger partial charge in [0.25, 0.3) is 0 Å². The summed E-state index contributed by atoms with van der Waals surface area (Å²) in [5.41, 5.74) is 0.667. The number of hydrogen-bond acceptors (Lipinski definition) is 3. The first kappa shape index (κ1) is 12.9. The minimum atomic E-state index is -3.69. The van der Waals surface area contributed by atoms with Crippen LogP contribution in [-0.2, 0) is 13.8 Å². The molecule has 92 valence electrons. The number of para-hydroxylation sites is 1. The molecular weight excluding hydrogens is 330 g/mol. The van der Waals surface area contributed by atoms with E-state index >= 15 is 0 Å². The van der Waals surface area contributed by atoms with Crippen LogP contribution in [0.25, 0.3) is 0 Å². The highest BCUT2D eigenvalue weighted by atomic mass is 79.9. The van der Waals surface area contributed by atoms with Gasteiger partial charge in [-0.3, -0.25) is 4.79 Å². The van der Waals surface area contributed by atoms with E-state index in [1.54, 1.807) is 18.2 Å². The fourth-order valence-corrected chi connectivity index (χ4v) is 3.29. The average Bonchev–Trinajstić information content (AvgIpc) is 2.61. The topological polar surface area (TPSA) is 54.5 Å². The van der Waals surface area contributed by atoms with Crippen molar-refractivity contribution in [2.75, 3.05) is 11.4 Å². The molecule has 1 unspecified atom stereocenters. The van der Waals surface area contributed by atoms with E-state index in [1.807, 2.05) is 6.07 Å². The van der Waals surface area contributed by atoms with Crippen molar-refractivity contribution in [3.63, 3.8) is 0 Å². The highest BCUT2D eigenvalue weighted by Crippen LogP contribution is 2.31. The molecule has 1 saturated heterocycles. The fraction of sp³-hybridized carbons (Fsp3) is 0.300. The summed E-state index contributed by atoms with van der Waals surface area (Å²) in [5, 5.41) is -0.830. The number of benzene rings is 1. The molecule has 0 aromatic heterocycles. The van der Waals surface area contributed by atoms with Crippen LogP contribution in [-0.4, -0.2) is 26.1 Å². The van der Waals surface area contributed by atoms with Crippen LogP contribution >= 0.6 is 26.6 Å². The molecular formula is C10H9BrClNO3S. The molecule has 0 spiro atoms. The summed E-state index contributed by atoms with van der Waals surface area (Å²) >= 11 is 3.33. The minimum Gasteiger partial charge on any atom is -0.310 e. The normalized spacial score (nSPS) is 20.9. The smallest absolute Gasteiger partial charge is 0.237 e. The van der Waals surface area contributed by atoms with Crippen molar-refractivity contribution in [3.05, 3.63) is 28.7 Å². The fourth-order valence-electron chi connectivity index (χ4n) is 1.77. The van der Waals surface area contributed by atoms with Gasteiger partial charge in [-0.25, -0.2) is 8.42 Å². The van der Waals surface area contributed by atoms with E-state index in [9.17, 15) is 13.2 Å². The third-order valence-corrected chi connectivity index (χ3v) is 5.17. The lowest BCUT2D eigenvalue weighted by atomic mass is 10.3. The summed E-state index contributed by atoms with van der Waals surface area (Å²) in [6.07, 6.45) is -0.0623. The van der Waals surface area contributed by atoms with Gasteiger partial charge < -0.3 is 4.90 Å². The summed E-state index contributed by atoms with van der Waals surface area (Å²) in [4.78, 5) is 13.2. The van der Waals surface area contributed by atoms with E-state index in [2.05, 4.69) is 15.9 Å². The molecule has 1 heterocycles. The first-order valence-corrected chi connectivity index (χ1v) is 8.04. The molecule has 1 atom stereocenters. The quantitative estimate of drug-likeness (QED) is 0.776. The molecule has 7 heteroatoms. The number of anilines is 1. The van der Waals surface area contributed by atoms with Crippen molar-refractivity contribution in [2.24, 2.45) is 0 Å². The van der Waals surface area contributed by atoms with Gasteiger partial charge in [-0.05, 0) is 28.1 Å². The maximum absolute atomic E-state index is 11.8. The maximum atomic E-state index is 11.8. The molecule has 0 radical (unpaired) electrons. The Balaban J connectivity index is 2.31. The van der Waals surface area contributed by atoms with Crippen LogP contribution in [0.2, 0.25) is 0 Å². The lowest BCUT2D eigenvalue weighted by Crippen LogP contribution is -2.26. The van der Waals surface area contributed by atoms with E-state index in [-0.39, 0.29) is 18.9 Å². The monoisotopic (exact) mass is 337 g/mol. The number of rotatable bonds is 2. The number of hydrogen-bond donors (Lipinski definition) is 0. The number of amides is 1. The molecule has 17 heavy (non-hydrogen) atoms. The molecule has 1 aromatic carbocycles. The zero-order valence-electron chi connectivity index (χ0n) is 8.64. The molecule has 1 aliphatic heterocycles. The molecule has 0 N–H and O–H groups in total. The van der Waals surface area contributed by atoms with Gasteiger partial charge in [0.15, 0.2) is 0 Å². The molecule has 0 saturated carbocycles. The van der Waals surface area contributed by atoms with Gasteiger partial charge >= 0.3 is 0 Å². The molecule has 4 nitrogen and oxygen atoms in total. The molecule has 1 aromatic rings. The van der Waals surface area contributed by atoms with Crippen molar-refractivity contribution >= 4 is 47.3 Å². The van der Waals surface area contributed by atoms with Gasteiger partial charge in [0.2, 0.25) is 15.0 Å². The SMILES string of the molecule is O=C1CC(S(=O)(=O)Cl)CN1c1ccccc1Br. The molecule has 2 rings (SSSR count). The van der Waals surface area contributed by atoms with Crippen LogP contribution in [0.3, 0.4) is 0 Å². The van der Waals surface area contributed by atoms with Crippen LogP contribution in [0.1, 0.15) is 6.42 Å². The van der Waals surface area contributed by atoms with Gasteiger partial charge in [-0.2, -0.15) is 0 Å². The molecule has 1 amide bonds. The van der Waals surface area contributed by atoms with E-state index in [0.717, 1.165) is 4.47 Å². The van der Waals surface area contributed by atoms with E-state index in [1.165, 1.54) is 4.90 Å². The molecule has 0 bridgehead atoms. The van der Waals surface area contributed by atoms with Crippen molar-refractivity contribution in [1.82, 2.24) is 0 Å². The first-order valence-electron chi connectivity index (χ1n) is 4.88. The minimum absolute atomic E-state index is 0.0623. The van der Waals surface area contributed by atoms with Gasteiger partial charge in [-0.1, -0.05) is 12.1 Å². The Kier molecular flexibility index (Phi) is 3.47. The Morgan fingerprint density at radius 1 is 1.35 bits per heavy atom. The second-order valence-corrected chi connectivity index (χ2v) is 7.52. The Bertz CT molecular complexity index is 560. The number of halogens is 2. The van der Waals surface area contributed by atoms with Crippen molar-refractivity contribution in [1.29, 1.82) is 0 Å². The van der Waals surface area contributed by atoms with Crippen LogP contribution in [0.4, 0.5) is 5.69 Å². The Morgan fingerprint density at radius 3 is 2.53 bits per heavy atom. The number of carbonyl (C=O) groups is 1. The Morgan fingerprint density at radius 2 is 2.00 bits per heavy atom. The van der Waals surface area contributed by atoms with Crippen LogP contribution in [0.5, 0.6) is 0 Å². The molecule has 0 aliphatic carbocycles. The number of nitrogens with zero attached hydrogens (tertiary/aromatic N) is 1. The Labute approximate surface area is 112 Å². The zero-order valence-corrected chi connectivity index (χ0v) is 11.8. The molecule has 1 fully saturated rings. The van der Waals surface area contributed by atoms with Crippen molar-refractivity contribution in [3.8, 4) is 0 Å². The Hall–Kier alpha value is -0.590. The average molecular weight is 339 g/mol. The van der Waals surface area contributed by atoms with Gasteiger partial charge in [0, 0.05) is 28.1 Å². The van der Waals surface area contributed by atoms with Crippen LogP contribution < -0.4 is 4.90 Å². The lowest BCUT2D eigenvalue weighted by molar-refractivity contribution is -0.117. The van der Waals surface area contributed by atoms with Crippen molar-refractivity contribution in [2.45, 2.75) is 11.7 Å². The van der Waals surface area contributed by atoms with Gasteiger partial charge in [-0.15, -0.1) is 0 Å². The summed E-state index contributed by atoms with van der Waals surface area (Å²) in [7, 11) is 1.58. The van der Waals surface area contributed by atoms with Crippen LogP contribution in [0, 0.1) is 0 Å². The molecule has 1 aliphatic rings. The summed E-state index contributed by atoms with van der Waals surface area (Å²) in [5.74, 6) is -0.230. The third kappa shape index (κ3) is 2.64. The van der Waals surface area contributed by atoms with Gasteiger partial charge in [0.05, 0.1) is 5.69 Å². The van der Waals surface area contributed by atoms with Gasteiger partial charge in [0.1, 0.15) is 5.25 Å². The second-order valence-electron chi connectivity index (χ2n) is 3.76. The summed E-state index contributed by atoms with van der Waals surface area (Å²) in [6, 6.07) is 7.16. The lowest BCUT2D eigenvalue weighted by Gasteiger charge is -2.17. The highest BCUT2D eigenvalue weighted by Gasteiger charge is 2.38. The largest absolute Gasteiger partial charge is 0.310 e. The first-order chi connectivity index (χ1) is 7.89. The van der Waals surface area contributed by atoms with Crippen molar-refractivity contribution < 1.29 is 13.2 Å². The maximum Gasteiger partial charge on any atom is 0.237 e. The predicted molar refractivity (Wildman–Crippen MR) is 69.7 cm³/mol. The summed E-state index contributed by atoms with van der Waals surface area (Å²) in [6.45, 7) is 0.104. The standard InChI is InChI=1S/C10H9BrClNO3S/c11-8-3-1-2-4-9(8)13-6-7(5-10(13)14)17(12,15)16/h1-4,7H,5-6H2. The third-order valence-electron chi connectivity index (χ3n) is 2.63. The number of carbonyl (C=O) groups excluding carboxylic acids is 1. The predicted octanol–water partition coefficient (Wildman–Crippen LogP) is 2.12. The second kappa shape index (κ2) is 4.59. The zero-order chi connectivity index (χ0) is 12.6. The summed E-state index contributed by atoms with van der Waals surface area (Å²) < 4.78 is 23.2. The van der Waals surface area contributed by atoms with E-state index < -0.39 is 14.3 Å². The highest BCUT2D eigenvalue weighted by molar-refractivity contribution is 9.10. The van der Waals surface area contributed by atoms with E-state index in [0.29, 0.717) is 5.69 Å². The van der Waals surface area contributed by atoms with Crippen LogP contribution in [0.15, 0.2) is 28.7 Å².